The first-order chi connectivity index (χ1) is 16.0. The van der Waals surface area contributed by atoms with E-state index < -0.39 is 53.6 Å². The third-order valence-electron chi connectivity index (χ3n) is 4.44. The van der Waals surface area contributed by atoms with Crippen LogP contribution in [-0.4, -0.2) is 73.2 Å². The van der Waals surface area contributed by atoms with Crippen molar-refractivity contribution in [2.75, 3.05) is 5.73 Å². The monoisotopic (exact) mass is 579 g/mol. The van der Waals surface area contributed by atoms with Gasteiger partial charge in [-0.1, -0.05) is 0 Å². The van der Waals surface area contributed by atoms with Crippen LogP contribution in [0.4, 0.5) is 5.95 Å². The summed E-state index contributed by atoms with van der Waals surface area (Å²) in [4.78, 5) is 48.0. The molecule has 2 aromatic rings. The lowest BCUT2D eigenvalue weighted by Gasteiger charge is -2.27. The van der Waals surface area contributed by atoms with Crippen LogP contribution in [0.2, 0.25) is 0 Å². The third-order valence-corrected chi connectivity index (χ3v) is 8.46. The van der Waals surface area contributed by atoms with Crippen LogP contribution < -0.4 is 5.73 Å². The van der Waals surface area contributed by atoms with E-state index in [1.165, 1.54) is 6.20 Å². The first-order valence-electron chi connectivity index (χ1n) is 8.94. The number of nitrogens with two attached hydrogens (primary N) is 1. The van der Waals surface area contributed by atoms with Crippen LogP contribution in [0.1, 0.15) is 13.2 Å². The highest BCUT2D eigenvalue weighted by Crippen LogP contribution is 2.66. The second-order valence-electron chi connectivity index (χ2n) is 6.93. The van der Waals surface area contributed by atoms with E-state index in [0.29, 0.717) is 0 Å². The van der Waals surface area contributed by atoms with E-state index in [0.717, 1.165) is 17.8 Å². The predicted octanol–water partition coefficient (Wildman–Crippen LogP) is -0.671. The largest absolute Gasteiger partial charge is 0.490 e. The molecule has 8 N–H and O–H groups in total. The zero-order valence-corrected chi connectivity index (χ0v) is 20.5. The smallest absolute Gasteiger partial charge is 0.386 e. The van der Waals surface area contributed by atoms with Gasteiger partial charge in [-0.3, -0.25) is 9.09 Å². The zero-order chi connectivity index (χ0) is 26.4. The topological polar surface area (TPSA) is 279 Å². The van der Waals surface area contributed by atoms with Gasteiger partial charge in [0.25, 0.3) is 0 Å². The average molecular weight is 580 g/mol. The van der Waals surface area contributed by atoms with Gasteiger partial charge in [-0.05, 0) is 24.4 Å². The van der Waals surface area contributed by atoms with E-state index in [1.807, 2.05) is 5.38 Å². The molecule has 0 bridgehead atoms. The molecular formula is C13H17ClN5O13P3. The summed E-state index contributed by atoms with van der Waals surface area (Å²) >= 11 is 5.44. The lowest BCUT2D eigenvalue weighted by atomic mass is 9.93. The number of aliphatic hydroxyl groups excluding tert-OH is 1. The average Bonchev–Trinajstić information content (AvgIpc) is 3.17. The predicted molar refractivity (Wildman–Crippen MR) is 113 cm³/mol. The van der Waals surface area contributed by atoms with Crippen LogP contribution in [-0.2, 0) is 31.6 Å². The number of ether oxygens (including phenoxy) is 1. The van der Waals surface area contributed by atoms with Crippen molar-refractivity contribution in [3.8, 4) is 11.3 Å². The van der Waals surface area contributed by atoms with Gasteiger partial charge in [0.2, 0.25) is 11.5 Å². The lowest BCUT2D eigenvalue weighted by Crippen LogP contribution is -2.47. The number of nitrogen functional groups attached to an aromatic ring is 1. The van der Waals surface area contributed by atoms with Gasteiger partial charge >= 0.3 is 23.5 Å². The van der Waals surface area contributed by atoms with Crippen LogP contribution in [0.5, 0.6) is 0 Å². The van der Waals surface area contributed by atoms with Crippen LogP contribution in [0.15, 0.2) is 12.5 Å². The number of imidazole rings is 1. The third kappa shape index (κ3) is 6.25. The van der Waals surface area contributed by atoms with Crippen LogP contribution in [0.3, 0.4) is 0 Å². The summed E-state index contributed by atoms with van der Waals surface area (Å²) in [5.74, 6) is 2.00. The molecule has 1 saturated heterocycles. The molecule has 0 spiro atoms. The van der Waals surface area contributed by atoms with Gasteiger partial charge in [0.05, 0.1) is 18.6 Å². The SMILES string of the molecule is C[C@@H](OP(=O)(O)OP(=O)(O)OP(=O)(O)O)[C@H]1O[C@@H](n2cnc3cnc(N)nc32)C(O)(C#CCl)[C@H]1O. The number of anilines is 1. The van der Waals surface area contributed by atoms with Crippen molar-refractivity contribution in [3.05, 3.63) is 12.5 Å². The number of hydrogen-bond acceptors (Lipinski definition) is 13. The number of phosphoric acid groups is 3. The molecule has 7 atom stereocenters. The van der Waals surface area contributed by atoms with Crippen molar-refractivity contribution >= 4 is 52.2 Å². The molecular weight excluding hydrogens is 563 g/mol. The van der Waals surface area contributed by atoms with E-state index in [2.05, 4.69) is 34.0 Å². The van der Waals surface area contributed by atoms with Gasteiger partial charge in [0, 0.05) is 5.38 Å². The lowest BCUT2D eigenvalue weighted by molar-refractivity contribution is -0.0831. The highest BCUT2D eigenvalue weighted by Gasteiger charge is 2.58. The summed E-state index contributed by atoms with van der Waals surface area (Å²) in [7, 11) is -17.0. The quantitative estimate of drug-likeness (QED) is 0.151. The van der Waals surface area contributed by atoms with Gasteiger partial charge in [-0.15, -0.1) is 0 Å². The molecule has 0 aliphatic carbocycles. The molecule has 0 aromatic carbocycles. The number of aromatic nitrogens is 4. The molecule has 3 unspecified atom stereocenters. The normalized spacial score (nSPS) is 29.2. The molecule has 2 aromatic heterocycles. The van der Waals surface area contributed by atoms with Gasteiger partial charge in [-0.25, -0.2) is 23.7 Å². The van der Waals surface area contributed by atoms with Crippen molar-refractivity contribution in [1.82, 2.24) is 19.5 Å². The maximum atomic E-state index is 12.1. The first kappa shape index (κ1) is 28.1. The summed E-state index contributed by atoms with van der Waals surface area (Å²) in [6.45, 7) is 1.04. The standard InChI is InChI=1S/C13H17ClN5O13P3/c1-6(30-34(25,26)32-35(27,28)31-33(22,23)24)8-9(20)13(21,2-3-14)11(29-8)19-5-17-7-4-16-12(15)18-10(7)19/h4-6,8-9,11,20-21H,1H3,(H,25,26)(H,27,28)(H2,15,16,18)(H2,22,23,24)/t6-,8-,9+,11-,13?/m1/s1. The Morgan fingerprint density at radius 1 is 1.23 bits per heavy atom. The van der Waals surface area contributed by atoms with E-state index in [1.54, 1.807) is 0 Å². The fourth-order valence-corrected chi connectivity index (χ4v) is 6.51. The minimum Gasteiger partial charge on any atom is -0.386 e. The number of halogens is 1. The highest BCUT2D eigenvalue weighted by atomic mass is 35.5. The Kier molecular flexibility index (Phi) is 7.82. The summed E-state index contributed by atoms with van der Waals surface area (Å²) in [5, 5.41) is 23.7. The molecule has 1 aliphatic heterocycles. The fraction of sp³-hybridized carbons (Fsp3) is 0.462. The maximum Gasteiger partial charge on any atom is 0.490 e. The Labute approximate surface area is 200 Å². The van der Waals surface area contributed by atoms with Crippen LogP contribution in [0, 0.1) is 11.3 Å². The molecule has 0 amide bonds. The van der Waals surface area contributed by atoms with Gasteiger partial charge in [0.1, 0.15) is 17.7 Å². The van der Waals surface area contributed by atoms with E-state index >= 15 is 0 Å². The summed E-state index contributed by atoms with van der Waals surface area (Å²) in [5.41, 5.74) is 3.36. The highest BCUT2D eigenvalue weighted by molar-refractivity contribution is 7.66. The molecule has 1 fully saturated rings. The molecule has 1 aliphatic rings. The number of aliphatic hydroxyl groups is 2. The maximum absolute atomic E-state index is 12.1. The second-order valence-corrected chi connectivity index (χ2v) is 11.5. The van der Waals surface area contributed by atoms with Gasteiger partial charge in [0.15, 0.2) is 11.9 Å². The molecule has 22 heteroatoms. The van der Waals surface area contributed by atoms with Crippen molar-refractivity contribution in [1.29, 1.82) is 0 Å². The Morgan fingerprint density at radius 3 is 2.49 bits per heavy atom. The number of hydrogen-bond donors (Lipinski definition) is 7. The fourth-order valence-electron chi connectivity index (χ4n) is 3.16. The number of nitrogens with zero attached hydrogens (tertiary/aromatic N) is 4. The van der Waals surface area contributed by atoms with Gasteiger partial charge in [-0.2, -0.15) is 13.6 Å². The molecule has 3 rings (SSSR count). The van der Waals surface area contributed by atoms with Crippen molar-refractivity contribution in [3.63, 3.8) is 0 Å². The van der Waals surface area contributed by atoms with Gasteiger partial charge < -0.3 is 40.3 Å². The summed E-state index contributed by atoms with van der Waals surface area (Å²) in [6, 6.07) is 0. The molecule has 18 nitrogen and oxygen atoms in total. The Balaban J connectivity index is 1.89. The molecule has 35 heavy (non-hydrogen) atoms. The minimum atomic E-state index is -5.79. The van der Waals surface area contributed by atoms with Crippen LogP contribution in [0.25, 0.3) is 11.2 Å². The molecule has 194 valence electrons. The molecule has 0 radical (unpaired) electrons. The Morgan fingerprint density at radius 2 is 1.89 bits per heavy atom. The zero-order valence-electron chi connectivity index (χ0n) is 17.1. The summed E-state index contributed by atoms with van der Waals surface area (Å²) in [6.07, 6.45) is -4.55. The molecule has 0 saturated carbocycles. The van der Waals surface area contributed by atoms with Crippen molar-refractivity contribution in [2.45, 2.75) is 37.1 Å². The van der Waals surface area contributed by atoms with Crippen LogP contribution >= 0.6 is 35.1 Å². The van der Waals surface area contributed by atoms with Crippen molar-refractivity contribution in [2.24, 2.45) is 0 Å². The van der Waals surface area contributed by atoms with E-state index in [9.17, 15) is 33.7 Å². The van der Waals surface area contributed by atoms with E-state index in [4.69, 9.17) is 31.9 Å². The Hall–Kier alpha value is -1.51. The minimum absolute atomic E-state index is 0.0469. The summed E-state index contributed by atoms with van der Waals surface area (Å²) < 4.78 is 53.1. The van der Waals surface area contributed by atoms with E-state index in [-0.39, 0.29) is 17.1 Å². The number of fused-ring (bicyclic) bond motifs is 1. The molecule has 3 heterocycles. The van der Waals surface area contributed by atoms with Crippen molar-refractivity contribution < 1.29 is 61.4 Å². The number of phosphoric ester groups is 1. The second kappa shape index (κ2) is 9.75. The number of rotatable bonds is 8. The Bertz CT molecular complexity index is 1330. The first-order valence-corrected chi connectivity index (χ1v) is 13.8.